The summed E-state index contributed by atoms with van der Waals surface area (Å²) in [6.45, 7) is 2.63. The van der Waals surface area contributed by atoms with Crippen LogP contribution in [0.3, 0.4) is 0 Å². The largest absolute Gasteiger partial charge is 0.376 e. The van der Waals surface area contributed by atoms with Crippen LogP contribution >= 0.6 is 12.2 Å². The lowest BCUT2D eigenvalue weighted by molar-refractivity contribution is 0.114. The third kappa shape index (κ3) is 5.57. The monoisotopic (exact) mass is 278 g/mol. The molecule has 1 saturated heterocycles. The van der Waals surface area contributed by atoms with E-state index < -0.39 is 0 Å². The zero-order valence-electron chi connectivity index (χ0n) is 11.2. The van der Waals surface area contributed by atoms with Crippen molar-refractivity contribution in [1.82, 2.24) is 10.6 Å². The zero-order valence-corrected chi connectivity index (χ0v) is 12.0. The molecule has 0 unspecified atom stereocenters. The van der Waals surface area contributed by atoms with E-state index in [2.05, 4.69) is 34.9 Å². The van der Waals surface area contributed by atoms with Gasteiger partial charge in [-0.2, -0.15) is 0 Å². The summed E-state index contributed by atoms with van der Waals surface area (Å²) in [5.41, 5.74) is 1.38. The van der Waals surface area contributed by atoms with Crippen molar-refractivity contribution in [2.75, 3.05) is 19.7 Å². The molecule has 104 valence electrons. The molecule has 0 aliphatic carbocycles. The van der Waals surface area contributed by atoms with Crippen molar-refractivity contribution in [1.29, 1.82) is 0 Å². The Kier molecular flexibility index (Phi) is 6.11. The second-order valence-corrected chi connectivity index (χ2v) is 5.27. The van der Waals surface area contributed by atoms with Gasteiger partial charge < -0.3 is 15.4 Å². The molecule has 1 fully saturated rings. The van der Waals surface area contributed by atoms with Gasteiger partial charge in [0.1, 0.15) is 0 Å². The first-order chi connectivity index (χ1) is 9.34. The van der Waals surface area contributed by atoms with Crippen LogP contribution in [-0.4, -0.2) is 30.9 Å². The van der Waals surface area contributed by atoms with Gasteiger partial charge in [-0.1, -0.05) is 30.3 Å². The van der Waals surface area contributed by atoms with Crippen LogP contribution in [0.1, 0.15) is 24.8 Å². The fourth-order valence-electron chi connectivity index (χ4n) is 2.21. The second-order valence-electron chi connectivity index (χ2n) is 4.86. The summed E-state index contributed by atoms with van der Waals surface area (Å²) in [5.74, 6) is 0. The van der Waals surface area contributed by atoms with Crippen molar-refractivity contribution in [3.8, 4) is 0 Å². The van der Waals surface area contributed by atoms with Crippen LogP contribution in [0.15, 0.2) is 30.3 Å². The summed E-state index contributed by atoms with van der Waals surface area (Å²) in [6.07, 6.45) is 4.82. The van der Waals surface area contributed by atoms with E-state index in [0.29, 0.717) is 6.10 Å². The first-order valence-corrected chi connectivity index (χ1v) is 7.42. The van der Waals surface area contributed by atoms with Crippen LogP contribution in [0.4, 0.5) is 0 Å². The van der Waals surface area contributed by atoms with Crippen LogP contribution in [0.25, 0.3) is 0 Å². The molecule has 0 aromatic heterocycles. The minimum atomic E-state index is 0.337. The average molecular weight is 278 g/mol. The quantitative estimate of drug-likeness (QED) is 0.618. The Morgan fingerprint density at radius 3 is 2.84 bits per heavy atom. The van der Waals surface area contributed by atoms with Crippen molar-refractivity contribution >= 4 is 17.3 Å². The third-order valence-corrected chi connectivity index (χ3v) is 3.57. The highest BCUT2D eigenvalue weighted by atomic mass is 32.1. The third-order valence-electron chi connectivity index (χ3n) is 3.28. The van der Waals surface area contributed by atoms with Gasteiger partial charge in [-0.3, -0.25) is 0 Å². The summed E-state index contributed by atoms with van der Waals surface area (Å²) in [4.78, 5) is 0. The van der Waals surface area contributed by atoms with Crippen molar-refractivity contribution in [2.24, 2.45) is 0 Å². The number of ether oxygens (including phenoxy) is 1. The molecule has 2 rings (SSSR count). The number of aryl methyl sites for hydroxylation is 1. The van der Waals surface area contributed by atoms with Gasteiger partial charge in [0.05, 0.1) is 6.10 Å². The molecule has 1 aromatic carbocycles. The van der Waals surface area contributed by atoms with E-state index in [9.17, 15) is 0 Å². The molecule has 0 spiro atoms. The molecule has 1 heterocycles. The Morgan fingerprint density at radius 2 is 2.11 bits per heavy atom. The highest BCUT2D eigenvalue weighted by Gasteiger charge is 2.14. The molecule has 1 aliphatic rings. The Labute approximate surface area is 120 Å². The molecule has 3 nitrogen and oxygen atoms in total. The number of benzene rings is 1. The first kappa shape index (κ1) is 14.3. The standard InChI is InChI=1S/C15H22N2OS/c19-15(17-12-14-9-5-11-18-14)16-10-4-8-13-6-2-1-3-7-13/h1-3,6-7,14H,4-5,8-12H2,(H2,16,17,19)/t14-/m0/s1. The van der Waals surface area contributed by atoms with Crippen LogP contribution in [-0.2, 0) is 11.2 Å². The molecule has 0 radical (unpaired) electrons. The summed E-state index contributed by atoms with van der Waals surface area (Å²) in [5, 5.41) is 7.20. The number of rotatable bonds is 6. The van der Waals surface area contributed by atoms with Gasteiger partial charge in [0.15, 0.2) is 5.11 Å². The summed E-state index contributed by atoms with van der Waals surface area (Å²) in [6, 6.07) is 10.5. The maximum absolute atomic E-state index is 5.54. The van der Waals surface area contributed by atoms with E-state index in [4.69, 9.17) is 17.0 Å². The highest BCUT2D eigenvalue weighted by molar-refractivity contribution is 7.80. The van der Waals surface area contributed by atoms with Gasteiger partial charge in [-0.15, -0.1) is 0 Å². The van der Waals surface area contributed by atoms with E-state index in [1.165, 1.54) is 12.0 Å². The smallest absolute Gasteiger partial charge is 0.166 e. The van der Waals surface area contributed by atoms with E-state index in [-0.39, 0.29) is 0 Å². The lowest BCUT2D eigenvalue weighted by Crippen LogP contribution is -2.39. The Hall–Kier alpha value is -1.13. The topological polar surface area (TPSA) is 33.3 Å². The minimum Gasteiger partial charge on any atom is -0.376 e. The van der Waals surface area contributed by atoms with Crippen LogP contribution in [0, 0.1) is 0 Å². The second kappa shape index (κ2) is 8.12. The summed E-state index contributed by atoms with van der Waals surface area (Å²) in [7, 11) is 0. The molecule has 1 aliphatic heterocycles. The van der Waals surface area contributed by atoms with Gasteiger partial charge in [-0.25, -0.2) is 0 Å². The molecule has 0 bridgehead atoms. The SMILES string of the molecule is S=C(NCCCc1ccccc1)NC[C@@H]1CCCO1. The summed E-state index contributed by atoms with van der Waals surface area (Å²) < 4.78 is 5.54. The number of thiocarbonyl (C=S) groups is 1. The van der Waals surface area contributed by atoms with Gasteiger partial charge in [0.25, 0.3) is 0 Å². The van der Waals surface area contributed by atoms with E-state index in [0.717, 1.165) is 44.1 Å². The van der Waals surface area contributed by atoms with Crippen LogP contribution in [0.5, 0.6) is 0 Å². The Balaban J connectivity index is 1.51. The fraction of sp³-hybridized carbons (Fsp3) is 0.533. The van der Waals surface area contributed by atoms with Gasteiger partial charge >= 0.3 is 0 Å². The van der Waals surface area contributed by atoms with E-state index >= 15 is 0 Å². The molecule has 1 aromatic rings. The lowest BCUT2D eigenvalue weighted by Gasteiger charge is -2.13. The van der Waals surface area contributed by atoms with Crippen LogP contribution in [0.2, 0.25) is 0 Å². The zero-order chi connectivity index (χ0) is 13.3. The molecular formula is C15H22N2OS. The normalized spacial score (nSPS) is 18.2. The molecule has 0 saturated carbocycles. The van der Waals surface area contributed by atoms with Gasteiger partial charge in [0, 0.05) is 19.7 Å². The number of hydrogen-bond donors (Lipinski definition) is 2. The predicted molar refractivity (Wildman–Crippen MR) is 82.3 cm³/mol. The number of hydrogen-bond acceptors (Lipinski definition) is 2. The molecule has 1 atom stereocenters. The van der Waals surface area contributed by atoms with E-state index in [1.807, 2.05) is 6.07 Å². The summed E-state index contributed by atoms with van der Waals surface area (Å²) >= 11 is 5.24. The maximum Gasteiger partial charge on any atom is 0.166 e. The predicted octanol–water partition coefficient (Wildman–Crippen LogP) is 2.26. The maximum atomic E-state index is 5.54. The minimum absolute atomic E-state index is 0.337. The Bertz CT molecular complexity index is 377. The molecule has 2 N–H and O–H groups in total. The van der Waals surface area contributed by atoms with E-state index in [1.54, 1.807) is 0 Å². The van der Waals surface area contributed by atoms with Gasteiger partial charge in [0.2, 0.25) is 0 Å². The lowest BCUT2D eigenvalue weighted by atomic mass is 10.1. The van der Waals surface area contributed by atoms with Crippen molar-refractivity contribution in [2.45, 2.75) is 31.8 Å². The van der Waals surface area contributed by atoms with Crippen molar-refractivity contribution < 1.29 is 4.74 Å². The van der Waals surface area contributed by atoms with Crippen LogP contribution < -0.4 is 10.6 Å². The van der Waals surface area contributed by atoms with Crippen molar-refractivity contribution in [3.05, 3.63) is 35.9 Å². The molecular weight excluding hydrogens is 256 g/mol. The van der Waals surface area contributed by atoms with Gasteiger partial charge in [-0.05, 0) is 43.5 Å². The first-order valence-electron chi connectivity index (χ1n) is 7.02. The number of nitrogens with one attached hydrogen (secondary N) is 2. The fourth-order valence-corrected chi connectivity index (χ4v) is 2.40. The molecule has 19 heavy (non-hydrogen) atoms. The van der Waals surface area contributed by atoms with Crippen molar-refractivity contribution in [3.63, 3.8) is 0 Å². The molecule has 0 amide bonds. The Morgan fingerprint density at radius 1 is 1.26 bits per heavy atom. The average Bonchev–Trinajstić information content (AvgIpc) is 2.96. The molecule has 4 heteroatoms. The highest BCUT2D eigenvalue weighted by Crippen LogP contribution is 2.10.